The van der Waals surface area contributed by atoms with Gasteiger partial charge in [-0.05, 0) is 86.0 Å². The highest BCUT2D eigenvalue weighted by Crippen LogP contribution is 2.37. The molecule has 38 heavy (non-hydrogen) atoms. The van der Waals surface area contributed by atoms with Crippen LogP contribution in [0.15, 0.2) is 36.4 Å². The Morgan fingerprint density at radius 1 is 0.763 bits per heavy atom. The summed E-state index contributed by atoms with van der Waals surface area (Å²) in [6, 6.07) is 10.7. The Balaban J connectivity index is 1.48. The van der Waals surface area contributed by atoms with Gasteiger partial charge in [0, 0.05) is 24.9 Å². The van der Waals surface area contributed by atoms with Crippen LogP contribution >= 0.6 is 0 Å². The summed E-state index contributed by atoms with van der Waals surface area (Å²) in [7, 11) is 0. The zero-order chi connectivity index (χ0) is 27.2. The van der Waals surface area contributed by atoms with Crippen LogP contribution in [0.25, 0.3) is 0 Å². The number of nitrogens with zero attached hydrogens (tertiary/aromatic N) is 2. The van der Waals surface area contributed by atoms with Gasteiger partial charge in [0.25, 0.3) is 0 Å². The Morgan fingerprint density at radius 3 is 1.47 bits per heavy atom. The van der Waals surface area contributed by atoms with Crippen LogP contribution in [0.2, 0.25) is 0 Å². The molecule has 0 spiro atoms. The first-order chi connectivity index (χ1) is 18.3. The minimum atomic E-state index is -0.691. The van der Waals surface area contributed by atoms with Crippen LogP contribution < -0.4 is 0 Å². The second-order valence-corrected chi connectivity index (χ2v) is 11.0. The summed E-state index contributed by atoms with van der Waals surface area (Å²) in [5, 5.41) is 18.4. The van der Waals surface area contributed by atoms with Crippen LogP contribution in [0.4, 0.5) is 8.78 Å². The predicted octanol–water partition coefficient (Wildman–Crippen LogP) is 4.78. The van der Waals surface area contributed by atoms with E-state index in [1.807, 2.05) is 24.3 Å². The van der Waals surface area contributed by atoms with E-state index in [0.29, 0.717) is 35.3 Å². The third-order valence-electron chi connectivity index (χ3n) is 8.79. The van der Waals surface area contributed by atoms with Crippen molar-refractivity contribution in [3.05, 3.63) is 70.3 Å². The van der Waals surface area contributed by atoms with Crippen molar-refractivity contribution in [2.45, 2.75) is 63.2 Å². The lowest BCUT2D eigenvalue weighted by atomic mass is 9.81. The van der Waals surface area contributed by atoms with Crippen molar-refractivity contribution in [2.75, 3.05) is 52.5 Å². The summed E-state index contributed by atoms with van der Waals surface area (Å²) in [5.74, 6) is -2.03. The summed E-state index contributed by atoms with van der Waals surface area (Å²) in [5.41, 5.74) is 2.06. The molecule has 0 aromatic heterocycles. The van der Waals surface area contributed by atoms with E-state index >= 15 is 8.78 Å². The van der Waals surface area contributed by atoms with Gasteiger partial charge < -0.3 is 20.0 Å². The van der Waals surface area contributed by atoms with Crippen LogP contribution in [0, 0.1) is 11.6 Å². The highest BCUT2D eigenvalue weighted by atomic mass is 19.1. The second kappa shape index (κ2) is 13.2. The van der Waals surface area contributed by atoms with Crippen molar-refractivity contribution in [1.29, 1.82) is 0 Å². The van der Waals surface area contributed by atoms with Gasteiger partial charge in [-0.2, -0.15) is 0 Å². The molecule has 0 radical (unpaired) electrons. The first kappa shape index (κ1) is 28.8. The van der Waals surface area contributed by atoms with Crippen LogP contribution in [0.3, 0.4) is 0 Å². The standard InChI is InChI=1S/C31H42F2N2O3/c1-21(25-5-3-7-27(29(25)32)23-9-13-34(14-10-23)17-19-36)31(38)22(2)26-6-4-8-28(30(26)33)24-11-15-35(16-12-24)18-20-37/h3-8,21-24,36-37H,9-20H2,1-2H3. The van der Waals surface area contributed by atoms with Crippen molar-refractivity contribution in [3.63, 3.8) is 0 Å². The highest BCUT2D eigenvalue weighted by molar-refractivity contribution is 5.91. The summed E-state index contributed by atoms with van der Waals surface area (Å²) in [6.45, 7) is 8.24. The number of halogens is 2. The monoisotopic (exact) mass is 528 g/mol. The van der Waals surface area contributed by atoms with Crippen LogP contribution in [-0.2, 0) is 4.79 Å². The van der Waals surface area contributed by atoms with E-state index in [1.54, 1.807) is 26.0 Å². The Bertz CT molecular complexity index is 995. The number of hydrogen-bond acceptors (Lipinski definition) is 5. The van der Waals surface area contributed by atoms with Crippen LogP contribution in [0.1, 0.15) is 85.5 Å². The van der Waals surface area contributed by atoms with Gasteiger partial charge in [0.2, 0.25) is 0 Å². The van der Waals surface area contributed by atoms with Gasteiger partial charge >= 0.3 is 0 Å². The largest absolute Gasteiger partial charge is 0.395 e. The minimum Gasteiger partial charge on any atom is -0.395 e. The fourth-order valence-electron chi connectivity index (χ4n) is 6.34. The number of rotatable bonds is 10. The maximum absolute atomic E-state index is 15.8. The van der Waals surface area contributed by atoms with E-state index in [4.69, 9.17) is 0 Å². The van der Waals surface area contributed by atoms with Gasteiger partial charge in [0.05, 0.1) is 13.2 Å². The van der Waals surface area contributed by atoms with Crippen molar-refractivity contribution in [3.8, 4) is 0 Å². The number of likely N-dealkylation sites (tertiary alicyclic amines) is 2. The van der Waals surface area contributed by atoms with E-state index in [9.17, 15) is 15.0 Å². The fraction of sp³-hybridized carbons (Fsp3) is 0.581. The Morgan fingerprint density at radius 2 is 1.13 bits per heavy atom. The van der Waals surface area contributed by atoms with Crippen molar-refractivity contribution < 1.29 is 23.8 Å². The van der Waals surface area contributed by atoms with Crippen LogP contribution in [-0.4, -0.2) is 78.3 Å². The average Bonchev–Trinajstić information content (AvgIpc) is 2.93. The lowest BCUT2D eigenvalue weighted by Crippen LogP contribution is -2.35. The van der Waals surface area contributed by atoms with Crippen molar-refractivity contribution in [1.82, 2.24) is 9.80 Å². The molecule has 2 heterocycles. The topological polar surface area (TPSA) is 64.0 Å². The number of carbonyl (C=O) groups is 1. The van der Waals surface area contributed by atoms with Gasteiger partial charge in [-0.1, -0.05) is 50.2 Å². The summed E-state index contributed by atoms with van der Waals surface area (Å²) >= 11 is 0. The molecule has 2 fully saturated rings. The first-order valence-electron chi connectivity index (χ1n) is 14.1. The molecule has 0 aliphatic carbocycles. The Labute approximate surface area is 225 Å². The van der Waals surface area contributed by atoms with Crippen molar-refractivity contribution >= 4 is 5.78 Å². The molecular weight excluding hydrogens is 486 g/mol. The molecule has 2 aromatic carbocycles. The average molecular weight is 529 g/mol. The number of benzene rings is 2. The maximum Gasteiger partial charge on any atom is 0.147 e. The zero-order valence-corrected chi connectivity index (χ0v) is 22.7. The first-order valence-corrected chi connectivity index (χ1v) is 14.1. The Kier molecular flexibility index (Phi) is 10.0. The lowest BCUT2D eigenvalue weighted by Gasteiger charge is -2.32. The lowest BCUT2D eigenvalue weighted by molar-refractivity contribution is -0.121. The number of aliphatic hydroxyl groups is 2. The number of carbonyl (C=O) groups excluding carboxylic acids is 1. The molecule has 2 N–H and O–H groups in total. The smallest absolute Gasteiger partial charge is 0.147 e. The fourth-order valence-corrected chi connectivity index (χ4v) is 6.34. The molecule has 2 saturated heterocycles. The zero-order valence-electron chi connectivity index (χ0n) is 22.7. The van der Waals surface area contributed by atoms with Gasteiger partial charge in [-0.15, -0.1) is 0 Å². The molecule has 7 heteroatoms. The van der Waals surface area contributed by atoms with Crippen LogP contribution in [0.5, 0.6) is 0 Å². The van der Waals surface area contributed by atoms with E-state index in [2.05, 4.69) is 9.80 Å². The molecular formula is C31H42F2N2O3. The number of β-amino-alcohol motifs (C(OH)–C–C–N with tert-alkyl or cyclic N) is 2. The summed E-state index contributed by atoms with van der Waals surface area (Å²) in [4.78, 5) is 17.9. The summed E-state index contributed by atoms with van der Waals surface area (Å²) < 4.78 is 31.5. The molecule has 5 nitrogen and oxygen atoms in total. The number of hydrogen-bond donors (Lipinski definition) is 2. The molecule has 0 saturated carbocycles. The van der Waals surface area contributed by atoms with E-state index in [-0.39, 0.29) is 42.5 Å². The van der Waals surface area contributed by atoms with Gasteiger partial charge in [0.15, 0.2) is 0 Å². The van der Waals surface area contributed by atoms with E-state index < -0.39 is 11.8 Å². The van der Waals surface area contributed by atoms with Gasteiger partial charge in [-0.3, -0.25) is 4.79 Å². The third-order valence-corrected chi connectivity index (χ3v) is 8.79. The molecule has 2 aliphatic rings. The quantitative estimate of drug-likeness (QED) is 0.465. The minimum absolute atomic E-state index is 0.0857. The van der Waals surface area contributed by atoms with E-state index in [0.717, 1.165) is 51.9 Å². The molecule has 208 valence electrons. The number of Topliss-reactive ketones (excluding diaryl/α,β-unsaturated/α-hetero) is 1. The van der Waals surface area contributed by atoms with E-state index in [1.165, 1.54) is 0 Å². The number of piperidine rings is 2. The molecule has 2 aromatic rings. The normalized spacial score (nSPS) is 19.9. The van der Waals surface area contributed by atoms with Gasteiger partial charge in [0.1, 0.15) is 17.4 Å². The Hall–Kier alpha value is -2.19. The molecule has 4 rings (SSSR count). The number of ketones is 1. The molecule has 0 bridgehead atoms. The third kappa shape index (κ3) is 6.33. The molecule has 2 aliphatic heterocycles. The molecule has 2 atom stereocenters. The highest BCUT2D eigenvalue weighted by Gasteiger charge is 2.31. The number of aliphatic hydroxyl groups excluding tert-OH is 2. The maximum atomic E-state index is 15.8. The molecule has 2 unspecified atom stereocenters. The second-order valence-electron chi connectivity index (χ2n) is 11.0. The van der Waals surface area contributed by atoms with Gasteiger partial charge in [-0.25, -0.2) is 8.78 Å². The summed E-state index contributed by atoms with van der Waals surface area (Å²) in [6.07, 6.45) is 3.26. The SMILES string of the molecule is CC(C(=O)C(C)c1cccc(C2CCN(CCO)CC2)c1F)c1cccc(C2CCN(CCO)CC2)c1F. The predicted molar refractivity (Wildman–Crippen MR) is 146 cm³/mol. The van der Waals surface area contributed by atoms with Crippen molar-refractivity contribution in [2.24, 2.45) is 0 Å². The molecule has 0 amide bonds.